The van der Waals surface area contributed by atoms with Crippen molar-refractivity contribution in [2.24, 2.45) is 4.99 Å². The number of ketones is 1. The number of aromatic nitrogens is 2. The summed E-state index contributed by atoms with van der Waals surface area (Å²) in [5.74, 6) is -0.0616. The Bertz CT molecular complexity index is 1270. The van der Waals surface area contributed by atoms with E-state index in [1.807, 2.05) is 77.4 Å². The van der Waals surface area contributed by atoms with Crippen LogP contribution in [0.15, 0.2) is 89.9 Å². The van der Waals surface area contributed by atoms with E-state index in [0.29, 0.717) is 17.7 Å². The number of carbonyl (C=O) groups excluding carboxylic acids is 2. The number of benzene rings is 3. The minimum Gasteiger partial charge on any atom is -0.448 e. The maximum absolute atomic E-state index is 13.0. The lowest BCUT2D eigenvalue weighted by Gasteiger charge is -2.07. The zero-order valence-electron chi connectivity index (χ0n) is 17.3. The topological polar surface area (TPSA) is 65.6 Å². The average Bonchev–Trinajstić information content (AvgIpc) is 3.07. The zero-order valence-corrected chi connectivity index (χ0v) is 17.3. The van der Waals surface area contributed by atoms with Crippen LogP contribution >= 0.6 is 0 Å². The Balaban J connectivity index is 1.89. The number of hydrogen-bond donors (Lipinski definition) is 0. The Kier molecular flexibility index (Phi) is 6.08. The third-order valence-electron chi connectivity index (χ3n) is 4.99. The Morgan fingerprint density at radius 3 is 2.03 bits per heavy atom. The van der Waals surface area contributed by atoms with Crippen molar-refractivity contribution in [3.05, 3.63) is 102 Å². The Labute approximate surface area is 180 Å². The first-order valence-corrected chi connectivity index (χ1v) is 10.2. The number of fused-ring (bicyclic) bond motifs is 1. The van der Waals surface area contributed by atoms with Gasteiger partial charge in [0.15, 0.2) is 5.78 Å². The molecule has 31 heavy (non-hydrogen) atoms. The normalized spacial score (nSPS) is 11.6. The molecule has 0 aliphatic carbocycles. The van der Waals surface area contributed by atoms with E-state index in [-0.39, 0.29) is 18.9 Å². The Morgan fingerprint density at radius 1 is 0.806 bits per heavy atom. The first-order valence-electron chi connectivity index (χ1n) is 10.2. The van der Waals surface area contributed by atoms with Crippen LogP contribution in [0.2, 0.25) is 0 Å². The van der Waals surface area contributed by atoms with E-state index in [9.17, 15) is 9.59 Å². The summed E-state index contributed by atoms with van der Waals surface area (Å²) in [5, 5.41) is 0. The van der Waals surface area contributed by atoms with Crippen LogP contribution in [0.25, 0.3) is 11.0 Å². The first kappa shape index (κ1) is 20.3. The molecule has 0 bridgehead atoms. The highest BCUT2D eigenvalue weighted by atomic mass is 16.5. The second-order valence-electron chi connectivity index (χ2n) is 7.05. The SMILES string of the molecule is CCOC(=O)/N=c1/n(CC(=O)c2ccccc2)c2ccccc2n1Cc1ccccc1. The third-order valence-corrected chi connectivity index (χ3v) is 4.99. The van der Waals surface area contributed by atoms with Crippen molar-refractivity contribution < 1.29 is 14.3 Å². The summed E-state index contributed by atoms with van der Waals surface area (Å²) in [7, 11) is 0. The molecule has 0 saturated heterocycles. The smallest absolute Gasteiger partial charge is 0.436 e. The molecule has 0 saturated carbocycles. The number of rotatable bonds is 6. The minimum absolute atomic E-state index is 0.0601. The number of imidazole rings is 1. The predicted octanol–water partition coefficient (Wildman–Crippen LogP) is 4.43. The lowest BCUT2D eigenvalue weighted by Crippen LogP contribution is -2.30. The van der Waals surface area contributed by atoms with Crippen LogP contribution < -0.4 is 5.62 Å². The summed E-state index contributed by atoms with van der Waals surface area (Å²) < 4.78 is 8.80. The molecule has 156 valence electrons. The highest BCUT2D eigenvalue weighted by Gasteiger charge is 2.17. The number of nitrogens with zero attached hydrogens (tertiary/aromatic N) is 3. The van der Waals surface area contributed by atoms with Crippen molar-refractivity contribution in [1.82, 2.24) is 9.13 Å². The van der Waals surface area contributed by atoms with Gasteiger partial charge in [-0.1, -0.05) is 72.8 Å². The van der Waals surface area contributed by atoms with Gasteiger partial charge in [-0.05, 0) is 24.6 Å². The van der Waals surface area contributed by atoms with E-state index in [4.69, 9.17) is 4.74 Å². The number of amides is 1. The highest BCUT2D eigenvalue weighted by molar-refractivity contribution is 5.96. The molecular formula is C25H23N3O3. The Morgan fingerprint density at radius 2 is 1.39 bits per heavy atom. The summed E-state index contributed by atoms with van der Waals surface area (Å²) in [6, 6.07) is 26.8. The molecule has 0 aliphatic rings. The van der Waals surface area contributed by atoms with Crippen LogP contribution in [0, 0.1) is 0 Å². The third kappa shape index (κ3) is 4.48. The molecule has 0 aliphatic heterocycles. The molecule has 0 spiro atoms. The van der Waals surface area contributed by atoms with Gasteiger partial charge < -0.3 is 13.9 Å². The number of para-hydroxylation sites is 2. The molecule has 1 heterocycles. The van der Waals surface area contributed by atoms with Crippen LogP contribution in [0.1, 0.15) is 22.8 Å². The summed E-state index contributed by atoms with van der Waals surface area (Å²) in [4.78, 5) is 29.5. The quantitative estimate of drug-likeness (QED) is 0.439. The van der Waals surface area contributed by atoms with Gasteiger partial charge >= 0.3 is 6.09 Å². The molecule has 0 unspecified atom stereocenters. The number of carbonyl (C=O) groups is 2. The van der Waals surface area contributed by atoms with Gasteiger partial charge in [0, 0.05) is 5.56 Å². The van der Waals surface area contributed by atoms with E-state index >= 15 is 0 Å². The van der Waals surface area contributed by atoms with Crippen molar-refractivity contribution in [2.45, 2.75) is 20.0 Å². The summed E-state index contributed by atoms with van der Waals surface area (Å²) in [6.45, 7) is 2.53. The molecule has 0 atom stereocenters. The molecule has 4 rings (SSSR count). The van der Waals surface area contributed by atoms with Gasteiger partial charge in [-0.25, -0.2) is 4.79 Å². The van der Waals surface area contributed by atoms with E-state index in [1.165, 1.54) is 0 Å². The maximum Gasteiger partial charge on any atom is 0.436 e. The van der Waals surface area contributed by atoms with Gasteiger partial charge in [0.05, 0.1) is 30.7 Å². The fourth-order valence-electron chi connectivity index (χ4n) is 3.58. The fourth-order valence-corrected chi connectivity index (χ4v) is 3.58. The zero-order chi connectivity index (χ0) is 21.6. The maximum atomic E-state index is 13.0. The van der Waals surface area contributed by atoms with E-state index < -0.39 is 6.09 Å². The van der Waals surface area contributed by atoms with Crippen molar-refractivity contribution in [3.63, 3.8) is 0 Å². The monoisotopic (exact) mass is 413 g/mol. The largest absolute Gasteiger partial charge is 0.448 e. The molecule has 1 aromatic heterocycles. The van der Waals surface area contributed by atoms with E-state index in [1.54, 1.807) is 23.6 Å². The minimum atomic E-state index is -0.680. The van der Waals surface area contributed by atoms with Crippen molar-refractivity contribution in [2.75, 3.05) is 6.61 Å². The highest BCUT2D eigenvalue weighted by Crippen LogP contribution is 2.16. The van der Waals surface area contributed by atoms with Crippen molar-refractivity contribution in [1.29, 1.82) is 0 Å². The van der Waals surface area contributed by atoms with Gasteiger partial charge in [0.25, 0.3) is 0 Å². The van der Waals surface area contributed by atoms with E-state index in [0.717, 1.165) is 16.6 Å². The number of Topliss-reactive ketones (excluding diaryl/α,β-unsaturated/α-hetero) is 1. The van der Waals surface area contributed by atoms with Crippen molar-refractivity contribution >= 4 is 22.9 Å². The van der Waals surface area contributed by atoms with Gasteiger partial charge in [0.2, 0.25) is 5.62 Å². The van der Waals surface area contributed by atoms with Crippen molar-refractivity contribution in [3.8, 4) is 0 Å². The molecule has 0 radical (unpaired) electrons. The molecular weight excluding hydrogens is 390 g/mol. The molecule has 4 aromatic rings. The number of ether oxygens (including phenoxy) is 1. The van der Waals surface area contributed by atoms with Gasteiger partial charge in [-0.3, -0.25) is 4.79 Å². The lowest BCUT2D eigenvalue weighted by molar-refractivity contribution is 0.0971. The summed E-state index contributed by atoms with van der Waals surface area (Å²) in [6.07, 6.45) is -0.680. The van der Waals surface area contributed by atoms with Gasteiger partial charge in [-0.2, -0.15) is 0 Å². The number of hydrogen-bond acceptors (Lipinski definition) is 3. The fraction of sp³-hybridized carbons (Fsp3) is 0.160. The Hall–Kier alpha value is -3.93. The predicted molar refractivity (Wildman–Crippen MR) is 119 cm³/mol. The van der Waals surface area contributed by atoms with Crippen LogP contribution in [0.3, 0.4) is 0 Å². The molecule has 6 nitrogen and oxygen atoms in total. The molecule has 0 fully saturated rings. The van der Waals surface area contributed by atoms with Crippen LogP contribution in [-0.4, -0.2) is 27.6 Å². The van der Waals surface area contributed by atoms with Gasteiger partial charge in [0.1, 0.15) is 0 Å². The second-order valence-corrected chi connectivity index (χ2v) is 7.05. The second kappa shape index (κ2) is 9.26. The van der Waals surface area contributed by atoms with Gasteiger partial charge in [-0.15, -0.1) is 4.99 Å². The first-order chi connectivity index (χ1) is 15.2. The van der Waals surface area contributed by atoms with E-state index in [2.05, 4.69) is 4.99 Å². The van der Waals surface area contributed by atoms with Crippen LogP contribution in [-0.2, 0) is 17.8 Å². The molecule has 0 N–H and O–H groups in total. The van der Waals surface area contributed by atoms with Crippen LogP contribution in [0.5, 0.6) is 0 Å². The van der Waals surface area contributed by atoms with Crippen LogP contribution in [0.4, 0.5) is 4.79 Å². The average molecular weight is 413 g/mol. The standard InChI is InChI=1S/C25H23N3O3/c1-2-31-25(30)26-24-27(17-19-11-5-3-6-12-19)21-15-9-10-16-22(21)28(24)18-23(29)20-13-7-4-8-14-20/h3-16H,2,17-18H2,1H3/b26-24+. The molecule has 1 amide bonds. The molecule has 3 aromatic carbocycles. The summed E-state index contributed by atoms with van der Waals surface area (Å²) in [5.41, 5.74) is 3.76. The molecule has 6 heteroatoms. The lowest BCUT2D eigenvalue weighted by atomic mass is 10.1. The summed E-state index contributed by atoms with van der Waals surface area (Å²) >= 11 is 0.